The van der Waals surface area contributed by atoms with Crippen LogP contribution < -0.4 is 5.32 Å². The second-order valence-corrected chi connectivity index (χ2v) is 5.41. The standard InChI is InChI=1S/C14H25N3O2/c1-14(2,3)11-10-13(15-4)17-12(16-11)6-7-19-9-8-18-5/h10H,6-9H2,1-5H3,(H,15,16,17). The van der Waals surface area contributed by atoms with E-state index in [1.807, 2.05) is 13.1 Å². The third-order valence-corrected chi connectivity index (χ3v) is 2.70. The number of anilines is 1. The van der Waals surface area contributed by atoms with Crippen LogP contribution in [0.3, 0.4) is 0 Å². The minimum atomic E-state index is 0.0141. The highest BCUT2D eigenvalue weighted by Gasteiger charge is 2.17. The summed E-state index contributed by atoms with van der Waals surface area (Å²) in [4.78, 5) is 9.06. The lowest BCUT2D eigenvalue weighted by Crippen LogP contribution is -2.17. The van der Waals surface area contributed by atoms with Crippen LogP contribution >= 0.6 is 0 Å². The first kappa shape index (κ1) is 15.9. The van der Waals surface area contributed by atoms with Gasteiger partial charge < -0.3 is 14.8 Å². The van der Waals surface area contributed by atoms with Crippen molar-refractivity contribution >= 4 is 5.82 Å². The number of rotatable bonds is 7. The van der Waals surface area contributed by atoms with Crippen LogP contribution in [0, 0.1) is 0 Å². The highest BCUT2D eigenvalue weighted by molar-refractivity contribution is 5.37. The van der Waals surface area contributed by atoms with Gasteiger partial charge in [0.25, 0.3) is 0 Å². The van der Waals surface area contributed by atoms with Crippen LogP contribution in [0.25, 0.3) is 0 Å². The molecule has 0 unspecified atom stereocenters. The minimum absolute atomic E-state index is 0.0141. The Morgan fingerprint density at radius 3 is 2.47 bits per heavy atom. The lowest BCUT2D eigenvalue weighted by molar-refractivity contribution is 0.0716. The van der Waals surface area contributed by atoms with E-state index in [1.165, 1.54) is 0 Å². The van der Waals surface area contributed by atoms with Gasteiger partial charge in [-0.05, 0) is 0 Å². The summed E-state index contributed by atoms with van der Waals surface area (Å²) in [7, 11) is 3.53. The molecule has 0 aliphatic rings. The summed E-state index contributed by atoms with van der Waals surface area (Å²) < 4.78 is 10.4. The van der Waals surface area contributed by atoms with E-state index in [2.05, 4.69) is 36.1 Å². The first-order chi connectivity index (χ1) is 8.97. The van der Waals surface area contributed by atoms with Gasteiger partial charge in [0.15, 0.2) is 0 Å². The molecule has 1 aromatic heterocycles. The van der Waals surface area contributed by atoms with Crippen molar-refractivity contribution < 1.29 is 9.47 Å². The lowest BCUT2D eigenvalue weighted by Gasteiger charge is -2.19. The molecule has 0 saturated heterocycles. The molecule has 19 heavy (non-hydrogen) atoms. The first-order valence-electron chi connectivity index (χ1n) is 6.60. The highest BCUT2D eigenvalue weighted by Crippen LogP contribution is 2.22. The predicted octanol–water partition coefficient (Wildman–Crippen LogP) is 2.02. The van der Waals surface area contributed by atoms with Crippen LogP contribution in [0.5, 0.6) is 0 Å². The van der Waals surface area contributed by atoms with Crippen molar-refractivity contribution in [2.24, 2.45) is 0 Å². The fourth-order valence-corrected chi connectivity index (χ4v) is 1.53. The van der Waals surface area contributed by atoms with Crippen molar-refractivity contribution in [3.63, 3.8) is 0 Å². The van der Waals surface area contributed by atoms with Crippen molar-refractivity contribution in [3.8, 4) is 0 Å². The molecule has 5 heteroatoms. The Hall–Kier alpha value is -1.20. The topological polar surface area (TPSA) is 56.3 Å². The van der Waals surface area contributed by atoms with E-state index in [0.29, 0.717) is 26.2 Å². The molecular weight excluding hydrogens is 242 g/mol. The lowest BCUT2D eigenvalue weighted by atomic mass is 9.92. The molecule has 0 fully saturated rings. The number of aromatic nitrogens is 2. The Morgan fingerprint density at radius 2 is 1.89 bits per heavy atom. The van der Waals surface area contributed by atoms with Gasteiger partial charge in [-0.25, -0.2) is 9.97 Å². The Labute approximate surface area is 115 Å². The Morgan fingerprint density at radius 1 is 1.16 bits per heavy atom. The van der Waals surface area contributed by atoms with E-state index in [1.54, 1.807) is 7.11 Å². The van der Waals surface area contributed by atoms with Crippen LogP contribution in [0.1, 0.15) is 32.3 Å². The fraction of sp³-hybridized carbons (Fsp3) is 0.714. The summed E-state index contributed by atoms with van der Waals surface area (Å²) in [6, 6.07) is 2.00. The third-order valence-electron chi connectivity index (χ3n) is 2.70. The summed E-state index contributed by atoms with van der Waals surface area (Å²) in [5.41, 5.74) is 1.05. The van der Waals surface area contributed by atoms with Gasteiger partial charge in [0, 0.05) is 32.1 Å². The SMILES string of the molecule is CNc1cc(C(C)(C)C)nc(CCOCCOC)n1. The Bertz CT molecular complexity index is 389. The van der Waals surface area contributed by atoms with Crippen molar-refractivity contribution in [2.45, 2.75) is 32.6 Å². The van der Waals surface area contributed by atoms with E-state index in [4.69, 9.17) is 9.47 Å². The molecule has 1 rings (SSSR count). The zero-order chi connectivity index (χ0) is 14.3. The van der Waals surface area contributed by atoms with Gasteiger partial charge in [0.2, 0.25) is 0 Å². The third kappa shape index (κ3) is 5.53. The smallest absolute Gasteiger partial charge is 0.133 e. The van der Waals surface area contributed by atoms with E-state index < -0.39 is 0 Å². The molecule has 0 radical (unpaired) electrons. The normalized spacial score (nSPS) is 11.6. The predicted molar refractivity (Wildman–Crippen MR) is 76.7 cm³/mol. The Balaban J connectivity index is 2.67. The number of hydrogen-bond acceptors (Lipinski definition) is 5. The largest absolute Gasteiger partial charge is 0.382 e. The maximum absolute atomic E-state index is 5.45. The molecule has 1 N–H and O–H groups in total. The maximum atomic E-state index is 5.45. The van der Waals surface area contributed by atoms with E-state index in [-0.39, 0.29) is 5.41 Å². The second-order valence-electron chi connectivity index (χ2n) is 5.41. The van der Waals surface area contributed by atoms with Gasteiger partial charge >= 0.3 is 0 Å². The number of methoxy groups -OCH3 is 1. The molecule has 0 aliphatic carbocycles. The monoisotopic (exact) mass is 267 g/mol. The van der Waals surface area contributed by atoms with Crippen molar-refractivity contribution in [2.75, 3.05) is 39.3 Å². The van der Waals surface area contributed by atoms with Crippen LogP contribution in [0.2, 0.25) is 0 Å². The van der Waals surface area contributed by atoms with Crippen LogP contribution in [0.4, 0.5) is 5.82 Å². The summed E-state index contributed by atoms with van der Waals surface area (Å²) >= 11 is 0. The molecule has 5 nitrogen and oxygen atoms in total. The zero-order valence-corrected chi connectivity index (χ0v) is 12.6. The number of nitrogens with zero attached hydrogens (tertiary/aromatic N) is 2. The van der Waals surface area contributed by atoms with Gasteiger partial charge in [-0.15, -0.1) is 0 Å². The van der Waals surface area contributed by atoms with Crippen molar-refractivity contribution in [3.05, 3.63) is 17.6 Å². The van der Waals surface area contributed by atoms with Gasteiger partial charge in [0.1, 0.15) is 11.6 Å². The van der Waals surface area contributed by atoms with Crippen LogP contribution in [-0.4, -0.2) is 43.9 Å². The molecule has 0 bridgehead atoms. The molecule has 0 aromatic carbocycles. The molecular formula is C14H25N3O2. The fourth-order valence-electron chi connectivity index (χ4n) is 1.53. The minimum Gasteiger partial charge on any atom is -0.382 e. The summed E-state index contributed by atoms with van der Waals surface area (Å²) in [6.07, 6.45) is 0.711. The van der Waals surface area contributed by atoms with Crippen LogP contribution in [0.15, 0.2) is 6.07 Å². The molecule has 1 aromatic rings. The average Bonchev–Trinajstić information content (AvgIpc) is 2.37. The molecule has 1 heterocycles. The summed E-state index contributed by atoms with van der Waals surface area (Å²) in [6.45, 7) is 8.27. The Kier molecular flexibility index (Phi) is 6.18. The number of hydrogen-bond donors (Lipinski definition) is 1. The molecule has 108 valence electrons. The van der Waals surface area contributed by atoms with E-state index in [0.717, 1.165) is 17.3 Å². The quantitative estimate of drug-likeness (QED) is 0.766. The average molecular weight is 267 g/mol. The molecule has 0 amide bonds. The van der Waals surface area contributed by atoms with Crippen LogP contribution in [-0.2, 0) is 21.3 Å². The first-order valence-corrected chi connectivity index (χ1v) is 6.60. The second kappa shape index (κ2) is 7.40. The van der Waals surface area contributed by atoms with Gasteiger partial charge in [0.05, 0.1) is 25.5 Å². The molecule has 0 aliphatic heterocycles. The summed E-state index contributed by atoms with van der Waals surface area (Å²) in [5.74, 6) is 1.67. The number of ether oxygens (including phenoxy) is 2. The molecule has 0 spiro atoms. The van der Waals surface area contributed by atoms with E-state index >= 15 is 0 Å². The zero-order valence-electron chi connectivity index (χ0n) is 12.6. The summed E-state index contributed by atoms with van der Waals surface area (Å²) in [5, 5.41) is 3.08. The van der Waals surface area contributed by atoms with Crippen molar-refractivity contribution in [1.29, 1.82) is 0 Å². The van der Waals surface area contributed by atoms with E-state index in [9.17, 15) is 0 Å². The molecule has 0 atom stereocenters. The van der Waals surface area contributed by atoms with Gasteiger partial charge in [-0.1, -0.05) is 20.8 Å². The van der Waals surface area contributed by atoms with Gasteiger partial charge in [-0.3, -0.25) is 0 Å². The number of nitrogens with one attached hydrogen (secondary N) is 1. The highest BCUT2D eigenvalue weighted by atomic mass is 16.5. The van der Waals surface area contributed by atoms with Crippen molar-refractivity contribution in [1.82, 2.24) is 9.97 Å². The van der Waals surface area contributed by atoms with Gasteiger partial charge in [-0.2, -0.15) is 0 Å². The molecule has 0 saturated carbocycles. The maximum Gasteiger partial charge on any atom is 0.133 e.